The zero-order valence-electron chi connectivity index (χ0n) is 12.2. The molecule has 0 aromatic carbocycles. The van der Waals surface area contributed by atoms with Crippen LogP contribution in [0.1, 0.15) is 50.0 Å². The molecule has 0 fully saturated rings. The van der Waals surface area contributed by atoms with E-state index in [0.717, 1.165) is 34.9 Å². The smallest absolute Gasteiger partial charge is 0.246 e. The van der Waals surface area contributed by atoms with Gasteiger partial charge >= 0.3 is 0 Å². The Balaban J connectivity index is 2.22. The Morgan fingerprint density at radius 3 is 2.75 bits per heavy atom. The lowest BCUT2D eigenvalue weighted by Gasteiger charge is -2.19. The van der Waals surface area contributed by atoms with E-state index < -0.39 is 0 Å². The van der Waals surface area contributed by atoms with Gasteiger partial charge in [0.15, 0.2) is 5.13 Å². The molecule has 20 heavy (non-hydrogen) atoms. The third kappa shape index (κ3) is 2.17. The Hall–Kier alpha value is -0.940. The highest BCUT2D eigenvalue weighted by Gasteiger charge is 2.25. The van der Waals surface area contributed by atoms with Crippen LogP contribution in [-0.2, 0) is 6.42 Å². The molecule has 0 N–H and O–H groups in total. The topological polar surface area (TPSA) is 33.2 Å². The molecule has 2 heterocycles. The lowest BCUT2D eigenvalue weighted by molar-refractivity contribution is 0.602. The molecule has 0 amide bonds. The van der Waals surface area contributed by atoms with E-state index >= 15 is 0 Å². The summed E-state index contributed by atoms with van der Waals surface area (Å²) in [7, 11) is 0. The van der Waals surface area contributed by atoms with Crippen LogP contribution >= 0.6 is 22.7 Å². The van der Waals surface area contributed by atoms with Crippen LogP contribution in [0.15, 0.2) is 4.79 Å². The van der Waals surface area contributed by atoms with Gasteiger partial charge in [-0.05, 0) is 44.6 Å². The summed E-state index contributed by atoms with van der Waals surface area (Å²) in [5, 5.41) is 1.79. The van der Waals surface area contributed by atoms with Gasteiger partial charge in [0.05, 0.1) is 5.39 Å². The second-order valence-corrected chi connectivity index (χ2v) is 7.39. The maximum absolute atomic E-state index is 12.6. The van der Waals surface area contributed by atoms with Crippen molar-refractivity contribution < 1.29 is 0 Å². The van der Waals surface area contributed by atoms with Crippen molar-refractivity contribution in [2.75, 3.05) is 18.0 Å². The number of fused-ring (bicyclic) bond motifs is 3. The minimum Gasteiger partial charge on any atom is -0.349 e. The first-order valence-electron chi connectivity index (χ1n) is 7.37. The highest BCUT2D eigenvalue weighted by Crippen LogP contribution is 2.41. The molecule has 108 valence electrons. The molecular weight excluding hydrogens is 288 g/mol. The number of rotatable bonds is 3. The van der Waals surface area contributed by atoms with Crippen molar-refractivity contribution in [1.82, 2.24) is 4.98 Å². The molecule has 0 aliphatic heterocycles. The van der Waals surface area contributed by atoms with Crippen LogP contribution in [0, 0.1) is 0 Å². The van der Waals surface area contributed by atoms with Crippen molar-refractivity contribution in [3.8, 4) is 0 Å². The van der Waals surface area contributed by atoms with Crippen molar-refractivity contribution in [3.05, 3.63) is 20.0 Å². The SMILES string of the molecule is CCN(CC)c1nc2sc3c(c2c(=O)s1)C(C)CCC3. The maximum Gasteiger partial charge on any atom is 0.246 e. The van der Waals surface area contributed by atoms with Gasteiger partial charge in [0.25, 0.3) is 0 Å². The molecule has 5 heteroatoms. The average Bonchev–Trinajstić information content (AvgIpc) is 2.80. The first kappa shape index (κ1) is 14.0. The van der Waals surface area contributed by atoms with E-state index in [-0.39, 0.29) is 4.74 Å². The number of hydrogen-bond acceptors (Lipinski definition) is 5. The third-order valence-electron chi connectivity index (χ3n) is 4.16. The molecule has 0 bridgehead atoms. The van der Waals surface area contributed by atoms with Crippen molar-refractivity contribution in [3.63, 3.8) is 0 Å². The summed E-state index contributed by atoms with van der Waals surface area (Å²) in [6.45, 7) is 8.24. The molecule has 0 saturated carbocycles. The normalized spacial score (nSPS) is 18.2. The van der Waals surface area contributed by atoms with Gasteiger partial charge in [-0.15, -0.1) is 11.3 Å². The number of hydrogen-bond donors (Lipinski definition) is 0. The van der Waals surface area contributed by atoms with Gasteiger partial charge < -0.3 is 4.90 Å². The van der Waals surface area contributed by atoms with Crippen LogP contribution < -0.4 is 9.64 Å². The third-order valence-corrected chi connectivity index (χ3v) is 6.24. The number of thiophene rings is 1. The largest absolute Gasteiger partial charge is 0.349 e. The molecule has 0 radical (unpaired) electrons. The molecule has 1 atom stereocenters. The Morgan fingerprint density at radius 2 is 2.05 bits per heavy atom. The average molecular weight is 308 g/mol. The van der Waals surface area contributed by atoms with Gasteiger partial charge in [0, 0.05) is 18.0 Å². The maximum atomic E-state index is 12.6. The summed E-state index contributed by atoms with van der Waals surface area (Å²) in [6, 6.07) is 0. The van der Waals surface area contributed by atoms with E-state index in [2.05, 4.69) is 25.7 Å². The Bertz CT molecular complexity index is 685. The number of aromatic nitrogens is 1. The first-order valence-corrected chi connectivity index (χ1v) is 9.00. The fraction of sp³-hybridized carbons (Fsp3) is 0.600. The summed E-state index contributed by atoms with van der Waals surface area (Å²) in [5.74, 6) is 0.508. The predicted octanol–water partition coefficient (Wildman–Crippen LogP) is 4.00. The molecule has 1 unspecified atom stereocenters. The fourth-order valence-corrected chi connectivity index (χ4v) is 5.50. The van der Waals surface area contributed by atoms with Gasteiger partial charge in [0.2, 0.25) is 4.74 Å². The fourth-order valence-electron chi connectivity index (χ4n) is 3.05. The van der Waals surface area contributed by atoms with Crippen molar-refractivity contribution in [2.24, 2.45) is 0 Å². The molecule has 2 aromatic rings. The van der Waals surface area contributed by atoms with Crippen LogP contribution in [0.2, 0.25) is 0 Å². The summed E-state index contributed by atoms with van der Waals surface area (Å²) in [4.78, 5) is 21.9. The number of anilines is 1. The van der Waals surface area contributed by atoms with E-state index in [1.54, 1.807) is 11.3 Å². The van der Waals surface area contributed by atoms with Crippen molar-refractivity contribution in [2.45, 2.75) is 46.0 Å². The van der Waals surface area contributed by atoms with Crippen molar-refractivity contribution in [1.29, 1.82) is 0 Å². The number of nitrogens with zero attached hydrogens (tertiary/aromatic N) is 2. The Kier molecular flexibility index (Phi) is 3.82. The summed E-state index contributed by atoms with van der Waals surface area (Å²) in [5.41, 5.74) is 1.30. The Labute approximate surface area is 127 Å². The van der Waals surface area contributed by atoms with Crippen molar-refractivity contribution >= 4 is 38.0 Å². The van der Waals surface area contributed by atoms with E-state index in [1.165, 1.54) is 34.6 Å². The van der Waals surface area contributed by atoms with Gasteiger partial charge in [-0.1, -0.05) is 18.3 Å². The molecule has 3 rings (SSSR count). The summed E-state index contributed by atoms with van der Waals surface area (Å²) < 4.78 is 0.197. The second kappa shape index (κ2) is 5.45. The van der Waals surface area contributed by atoms with Crippen LogP contribution in [0.5, 0.6) is 0 Å². The van der Waals surface area contributed by atoms with Crippen LogP contribution in [0.25, 0.3) is 10.2 Å². The van der Waals surface area contributed by atoms with Gasteiger partial charge in [-0.3, -0.25) is 4.79 Å². The lowest BCUT2D eigenvalue weighted by Crippen LogP contribution is -2.23. The molecule has 2 aromatic heterocycles. The molecule has 0 spiro atoms. The molecular formula is C15H20N2OS2. The van der Waals surface area contributed by atoms with Gasteiger partial charge in [0.1, 0.15) is 4.83 Å². The minimum absolute atomic E-state index is 0.197. The van der Waals surface area contributed by atoms with Crippen LogP contribution in [0.3, 0.4) is 0 Å². The molecule has 1 aliphatic carbocycles. The zero-order valence-corrected chi connectivity index (χ0v) is 13.9. The summed E-state index contributed by atoms with van der Waals surface area (Å²) >= 11 is 3.05. The zero-order chi connectivity index (χ0) is 14.3. The quantitative estimate of drug-likeness (QED) is 0.859. The summed E-state index contributed by atoms with van der Waals surface area (Å²) in [6.07, 6.45) is 3.55. The highest BCUT2D eigenvalue weighted by molar-refractivity contribution is 7.20. The first-order chi connectivity index (χ1) is 9.65. The van der Waals surface area contributed by atoms with Gasteiger partial charge in [-0.2, -0.15) is 0 Å². The lowest BCUT2D eigenvalue weighted by atomic mass is 9.88. The van der Waals surface area contributed by atoms with E-state index in [0.29, 0.717) is 5.92 Å². The van der Waals surface area contributed by atoms with E-state index in [9.17, 15) is 4.79 Å². The molecule has 3 nitrogen and oxygen atoms in total. The molecule has 1 aliphatic rings. The van der Waals surface area contributed by atoms with Gasteiger partial charge in [-0.25, -0.2) is 4.98 Å². The Morgan fingerprint density at radius 1 is 1.30 bits per heavy atom. The monoisotopic (exact) mass is 308 g/mol. The van der Waals surface area contributed by atoms with Crippen LogP contribution in [-0.4, -0.2) is 18.1 Å². The standard InChI is InChI=1S/C15H20N2OS2/c1-4-17(5-2)15-16-13-12(14(18)20-15)11-9(3)7-6-8-10(11)19-13/h9H,4-8H2,1-3H3. The molecule has 0 saturated heterocycles. The highest BCUT2D eigenvalue weighted by atomic mass is 32.1. The van der Waals surface area contributed by atoms with Crippen LogP contribution in [0.4, 0.5) is 5.13 Å². The van der Waals surface area contributed by atoms with E-state index in [1.807, 2.05) is 0 Å². The predicted molar refractivity (Wildman–Crippen MR) is 88.7 cm³/mol. The minimum atomic E-state index is 0.197. The second-order valence-electron chi connectivity index (χ2n) is 5.37. The number of aryl methyl sites for hydroxylation is 1. The van der Waals surface area contributed by atoms with E-state index in [4.69, 9.17) is 4.98 Å².